The van der Waals surface area contributed by atoms with Crippen molar-refractivity contribution in [2.24, 2.45) is 0 Å². The zero-order valence-electron chi connectivity index (χ0n) is 15.6. The van der Waals surface area contributed by atoms with Gasteiger partial charge in [-0.15, -0.1) is 0 Å². The summed E-state index contributed by atoms with van der Waals surface area (Å²) in [6.07, 6.45) is 1.94. The molecule has 1 unspecified atom stereocenters. The maximum Gasteiger partial charge on any atom is 0.240 e. The Morgan fingerprint density at radius 3 is 2.50 bits per heavy atom. The third kappa shape index (κ3) is 4.84. The predicted molar refractivity (Wildman–Crippen MR) is 108 cm³/mol. The Morgan fingerprint density at radius 2 is 1.86 bits per heavy atom. The number of halogens is 1. The Balaban J connectivity index is 1.58. The van der Waals surface area contributed by atoms with Crippen LogP contribution in [-0.2, 0) is 14.8 Å². The van der Waals surface area contributed by atoms with Crippen LogP contribution < -0.4 is 9.46 Å². The van der Waals surface area contributed by atoms with Gasteiger partial charge in [-0.25, -0.2) is 13.1 Å². The zero-order valence-corrected chi connectivity index (χ0v) is 17.2. The number of carbonyl (C=O) groups is 1. The summed E-state index contributed by atoms with van der Waals surface area (Å²) in [5.41, 5.74) is 1.06. The molecular formula is C20H23ClN2O4S. The number of hydrogen-bond acceptors (Lipinski definition) is 4. The SMILES string of the molecule is COc1ccc(C2CCCN2C(=O)CCNS(=O)(=O)c2ccc(Cl)cc2)cc1. The second-order valence-corrected chi connectivity index (χ2v) is 8.82. The van der Waals surface area contributed by atoms with Crippen molar-refractivity contribution < 1.29 is 17.9 Å². The molecule has 0 aliphatic carbocycles. The number of nitrogens with one attached hydrogen (secondary N) is 1. The van der Waals surface area contributed by atoms with Crippen molar-refractivity contribution in [3.8, 4) is 5.75 Å². The Hall–Kier alpha value is -2.09. The number of hydrogen-bond donors (Lipinski definition) is 1. The lowest BCUT2D eigenvalue weighted by atomic mass is 10.0. The van der Waals surface area contributed by atoms with Crippen LogP contribution in [0.15, 0.2) is 53.4 Å². The first-order chi connectivity index (χ1) is 13.4. The van der Waals surface area contributed by atoms with Crippen LogP contribution in [0.2, 0.25) is 5.02 Å². The van der Waals surface area contributed by atoms with E-state index >= 15 is 0 Å². The Kier molecular flexibility index (Phi) is 6.59. The van der Waals surface area contributed by atoms with Crippen molar-refractivity contribution >= 4 is 27.5 Å². The van der Waals surface area contributed by atoms with E-state index in [1.54, 1.807) is 7.11 Å². The fourth-order valence-electron chi connectivity index (χ4n) is 3.37. The van der Waals surface area contributed by atoms with E-state index in [-0.39, 0.29) is 29.8 Å². The molecule has 1 aliphatic rings. The number of sulfonamides is 1. The molecule has 28 heavy (non-hydrogen) atoms. The molecule has 2 aromatic carbocycles. The van der Waals surface area contributed by atoms with Crippen molar-refractivity contribution in [3.63, 3.8) is 0 Å². The van der Waals surface area contributed by atoms with Gasteiger partial charge in [-0.3, -0.25) is 4.79 Å². The normalized spacial score (nSPS) is 16.9. The highest BCUT2D eigenvalue weighted by molar-refractivity contribution is 7.89. The summed E-state index contributed by atoms with van der Waals surface area (Å²) in [5.74, 6) is 0.716. The Bertz CT molecular complexity index is 914. The van der Waals surface area contributed by atoms with Gasteiger partial charge >= 0.3 is 0 Å². The molecule has 0 bridgehead atoms. The van der Waals surface area contributed by atoms with Crippen molar-refractivity contribution in [2.75, 3.05) is 20.2 Å². The van der Waals surface area contributed by atoms with Gasteiger partial charge in [0.25, 0.3) is 0 Å². The van der Waals surface area contributed by atoms with Gasteiger partial charge in [-0.05, 0) is 54.8 Å². The summed E-state index contributed by atoms with van der Waals surface area (Å²) in [7, 11) is -2.05. The number of carbonyl (C=O) groups excluding carboxylic acids is 1. The molecule has 1 fully saturated rings. The van der Waals surface area contributed by atoms with Gasteiger partial charge in [-0.2, -0.15) is 0 Å². The highest BCUT2D eigenvalue weighted by Gasteiger charge is 2.29. The standard InChI is InChI=1S/C20H23ClN2O4S/c1-27-17-8-4-15(5-9-17)19-3-2-14-23(19)20(24)12-13-22-28(25,26)18-10-6-16(21)7-11-18/h4-11,19,22H,2-3,12-14H2,1H3. The monoisotopic (exact) mass is 422 g/mol. The second kappa shape index (κ2) is 8.94. The number of rotatable bonds is 7. The number of nitrogens with zero attached hydrogens (tertiary/aromatic N) is 1. The summed E-state index contributed by atoms with van der Waals surface area (Å²) in [5, 5.41) is 0.465. The van der Waals surface area contributed by atoms with E-state index in [2.05, 4.69) is 4.72 Å². The van der Waals surface area contributed by atoms with Crippen molar-refractivity contribution in [2.45, 2.75) is 30.2 Å². The number of methoxy groups -OCH3 is 1. The fourth-order valence-corrected chi connectivity index (χ4v) is 4.53. The molecule has 0 aromatic heterocycles. The molecule has 3 rings (SSSR count). The average molecular weight is 423 g/mol. The summed E-state index contributed by atoms with van der Waals surface area (Å²) in [4.78, 5) is 14.6. The van der Waals surface area contributed by atoms with Gasteiger partial charge in [0.15, 0.2) is 0 Å². The van der Waals surface area contributed by atoms with Gasteiger partial charge in [0, 0.05) is 24.5 Å². The molecule has 1 heterocycles. The van der Waals surface area contributed by atoms with Crippen molar-refractivity contribution in [1.82, 2.24) is 9.62 Å². The summed E-state index contributed by atoms with van der Waals surface area (Å²) in [6.45, 7) is 0.731. The van der Waals surface area contributed by atoms with Gasteiger partial charge in [0.2, 0.25) is 15.9 Å². The van der Waals surface area contributed by atoms with Crippen LogP contribution in [-0.4, -0.2) is 39.4 Å². The topological polar surface area (TPSA) is 75.7 Å². The fraction of sp³-hybridized carbons (Fsp3) is 0.350. The lowest BCUT2D eigenvalue weighted by Crippen LogP contribution is -2.34. The third-order valence-electron chi connectivity index (χ3n) is 4.83. The number of amides is 1. The van der Waals surface area contributed by atoms with Gasteiger partial charge in [-0.1, -0.05) is 23.7 Å². The highest BCUT2D eigenvalue weighted by atomic mass is 35.5. The number of likely N-dealkylation sites (tertiary alicyclic amines) is 1. The maximum absolute atomic E-state index is 12.7. The minimum atomic E-state index is -3.66. The number of benzene rings is 2. The zero-order chi connectivity index (χ0) is 20.1. The molecule has 1 atom stereocenters. The van der Waals surface area contributed by atoms with Crippen LogP contribution >= 0.6 is 11.6 Å². The Morgan fingerprint density at radius 1 is 1.18 bits per heavy atom. The van der Waals surface area contributed by atoms with Crippen LogP contribution in [0.25, 0.3) is 0 Å². The lowest BCUT2D eigenvalue weighted by Gasteiger charge is -2.25. The quantitative estimate of drug-likeness (QED) is 0.742. The molecule has 1 saturated heterocycles. The molecule has 0 spiro atoms. The molecule has 1 amide bonds. The predicted octanol–water partition coefficient (Wildman–Crippen LogP) is 3.38. The van der Waals surface area contributed by atoms with E-state index in [9.17, 15) is 13.2 Å². The summed E-state index contributed by atoms with van der Waals surface area (Å²) < 4.78 is 32.3. The van der Waals surface area contributed by atoms with Crippen molar-refractivity contribution in [1.29, 1.82) is 0 Å². The van der Waals surface area contributed by atoms with Crippen LogP contribution in [0.1, 0.15) is 30.9 Å². The molecule has 2 aromatic rings. The van der Waals surface area contributed by atoms with E-state index in [0.29, 0.717) is 11.6 Å². The summed E-state index contributed by atoms with van der Waals surface area (Å²) in [6, 6.07) is 13.6. The minimum Gasteiger partial charge on any atom is -0.497 e. The molecule has 150 valence electrons. The van der Waals surface area contributed by atoms with E-state index in [0.717, 1.165) is 24.2 Å². The van der Waals surface area contributed by atoms with Crippen LogP contribution in [0.5, 0.6) is 5.75 Å². The van der Waals surface area contributed by atoms with Crippen molar-refractivity contribution in [3.05, 3.63) is 59.1 Å². The Labute approximate surface area is 170 Å². The maximum atomic E-state index is 12.7. The first-order valence-electron chi connectivity index (χ1n) is 9.09. The first-order valence-corrected chi connectivity index (χ1v) is 11.0. The smallest absolute Gasteiger partial charge is 0.240 e. The van der Waals surface area contributed by atoms with Crippen LogP contribution in [0.4, 0.5) is 0 Å². The second-order valence-electron chi connectivity index (χ2n) is 6.62. The first kappa shape index (κ1) is 20.6. The molecule has 1 N–H and O–H groups in total. The summed E-state index contributed by atoms with van der Waals surface area (Å²) >= 11 is 5.79. The van der Waals surface area contributed by atoms with Gasteiger partial charge in [0.1, 0.15) is 5.75 Å². The molecular weight excluding hydrogens is 400 g/mol. The minimum absolute atomic E-state index is 0.0197. The van der Waals surface area contributed by atoms with Gasteiger partial charge in [0.05, 0.1) is 18.0 Å². The van der Waals surface area contributed by atoms with E-state index in [4.69, 9.17) is 16.3 Å². The molecule has 8 heteroatoms. The average Bonchev–Trinajstić information content (AvgIpc) is 3.18. The molecule has 0 radical (unpaired) electrons. The molecule has 1 aliphatic heterocycles. The van der Waals surface area contributed by atoms with Crippen LogP contribution in [0, 0.1) is 0 Å². The van der Waals surface area contributed by atoms with Gasteiger partial charge < -0.3 is 9.64 Å². The third-order valence-corrected chi connectivity index (χ3v) is 6.56. The van der Waals surface area contributed by atoms with E-state index < -0.39 is 10.0 Å². The molecule has 6 nitrogen and oxygen atoms in total. The highest BCUT2D eigenvalue weighted by Crippen LogP contribution is 2.33. The van der Waals surface area contributed by atoms with Crippen LogP contribution in [0.3, 0.4) is 0 Å². The lowest BCUT2D eigenvalue weighted by molar-refractivity contribution is -0.131. The largest absolute Gasteiger partial charge is 0.497 e. The van der Waals surface area contributed by atoms with E-state index in [1.807, 2.05) is 29.2 Å². The molecule has 0 saturated carbocycles. The number of ether oxygens (including phenoxy) is 1. The van der Waals surface area contributed by atoms with E-state index in [1.165, 1.54) is 24.3 Å².